The molecule has 0 aliphatic rings. The fourth-order valence-corrected chi connectivity index (χ4v) is 2.16. The third kappa shape index (κ3) is 5.38. The highest BCUT2D eigenvalue weighted by molar-refractivity contribution is 5.74. The summed E-state index contributed by atoms with van der Waals surface area (Å²) < 4.78 is 1.19. The summed E-state index contributed by atoms with van der Waals surface area (Å²) in [5, 5.41) is 36.6. The lowest BCUT2D eigenvalue weighted by atomic mass is 10.1. The van der Waals surface area contributed by atoms with Crippen molar-refractivity contribution in [1.82, 2.24) is 9.47 Å². The van der Waals surface area contributed by atoms with E-state index in [1.807, 2.05) is 0 Å². The van der Waals surface area contributed by atoms with Crippen molar-refractivity contribution < 1.29 is 30.0 Å². The SMILES string of the molecule is CN(CCO)Cc1cc(=O)c(O)cn1C(CCC(=O)O)C(=O)O. The molecule has 0 aliphatic heterocycles. The van der Waals surface area contributed by atoms with Gasteiger partial charge >= 0.3 is 11.9 Å². The number of carboxylic acids is 2. The molecule has 1 rings (SSSR count). The van der Waals surface area contributed by atoms with E-state index in [0.717, 1.165) is 12.3 Å². The average molecular weight is 328 g/mol. The first kappa shape index (κ1) is 18.7. The van der Waals surface area contributed by atoms with E-state index in [2.05, 4.69) is 0 Å². The summed E-state index contributed by atoms with van der Waals surface area (Å²) in [5.41, 5.74) is -0.349. The second-order valence-electron chi connectivity index (χ2n) is 5.17. The third-order valence-corrected chi connectivity index (χ3v) is 3.31. The van der Waals surface area contributed by atoms with Crippen LogP contribution in [0.1, 0.15) is 24.6 Å². The summed E-state index contributed by atoms with van der Waals surface area (Å²) in [6.45, 7) is 0.356. The molecule has 0 aliphatic carbocycles. The van der Waals surface area contributed by atoms with Crippen molar-refractivity contribution in [3.05, 3.63) is 28.2 Å². The van der Waals surface area contributed by atoms with Crippen LogP contribution < -0.4 is 5.43 Å². The molecule has 0 saturated carbocycles. The normalized spacial score (nSPS) is 12.3. The summed E-state index contributed by atoms with van der Waals surface area (Å²) >= 11 is 0. The van der Waals surface area contributed by atoms with Gasteiger partial charge in [0, 0.05) is 31.3 Å². The van der Waals surface area contributed by atoms with Gasteiger partial charge in [-0.1, -0.05) is 0 Å². The van der Waals surface area contributed by atoms with Gasteiger partial charge in [-0.05, 0) is 13.5 Å². The standard InChI is InChI=1S/C14H20N2O7/c1-15(4-5-17)7-9-6-11(18)12(19)8-16(9)10(14(22)23)2-3-13(20)21/h6,8,10,17,19H,2-5,7H2,1H3,(H,20,21)(H,22,23). The average Bonchev–Trinajstić information content (AvgIpc) is 2.43. The Labute approximate surface area is 132 Å². The van der Waals surface area contributed by atoms with Crippen LogP contribution in [0.15, 0.2) is 17.1 Å². The van der Waals surface area contributed by atoms with Gasteiger partial charge in [-0.15, -0.1) is 0 Å². The Hall–Kier alpha value is -2.39. The van der Waals surface area contributed by atoms with E-state index in [0.29, 0.717) is 12.2 Å². The molecule has 0 spiro atoms. The van der Waals surface area contributed by atoms with E-state index in [-0.39, 0.29) is 26.0 Å². The minimum Gasteiger partial charge on any atom is -0.503 e. The molecule has 0 aromatic carbocycles. The van der Waals surface area contributed by atoms with Crippen molar-refractivity contribution in [2.75, 3.05) is 20.2 Å². The lowest BCUT2D eigenvalue weighted by molar-refractivity contribution is -0.142. The van der Waals surface area contributed by atoms with Crippen LogP contribution in [0.2, 0.25) is 0 Å². The van der Waals surface area contributed by atoms with Gasteiger partial charge in [-0.3, -0.25) is 14.5 Å². The molecule has 1 unspecified atom stereocenters. The van der Waals surface area contributed by atoms with E-state index in [4.69, 9.17) is 10.2 Å². The van der Waals surface area contributed by atoms with Crippen molar-refractivity contribution in [1.29, 1.82) is 0 Å². The Morgan fingerprint density at radius 1 is 1.35 bits per heavy atom. The monoisotopic (exact) mass is 328 g/mol. The molecule has 1 atom stereocenters. The molecular formula is C14H20N2O7. The number of likely N-dealkylation sites (N-methyl/N-ethyl adjacent to an activating group) is 1. The maximum atomic E-state index is 11.6. The fourth-order valence-electron chi connectivity index (χ4n) is 2.16. The highest BCUT2D eigenvalue weighted by Crippen LogP contribution is 2.20. The number of nitrogens with zero attached hydrogens (tertiary/aromatic N) is 2. The number of pyridine rings is 1. The van der Waals surface area contributed by atoms with Crippen LogP contribution in [0.4, 0.5) is 0 Å². The van der Waals surface area contributed by atoms with Gasteiger partial charge in [0.05, 0.1) is 12.8 Å². The number of aliphatic hydroxyl groups is 1. The second kappa shape index (κ2) is 8.30. The minimum atomic E-state index is -1.26. The van der Waals surface area contributed by atoms with Crippen LogP contribution in [-0.4, -0.2) is 62.0 Å². The van der Waals surface area contributed by atoms with E-state index < -0.39 is 29.2 Å². The molecule has 23 heavy (non-hydrogen) atoms. The molecule has 4 N–H and O–H groups in total. The molecule has 0 fully saturated rings. The van der Waals surface area contributed by atoms with Crippen LogP contribution in [0.5, 0.6) is 5.75 Å². The van der Waals surface area contributed by atoms with Crippen molar-refractivity contribution in [2.24, 2.45) is 0 Å². The number of hydrogen-bond donors (Lipinski definition) is 4. The Kier molecular flexibility index (Phi) is 6.73. The van der Waals surface area contributed by atoms with E-state index in [1.54, 1.807) is 11.9 Å². The second-order valence-corrected chi connectivity index (χ2v) is 5.17. The van der Waals surface area contributed by atoms with Gasteiger partial charge in [-0.25, -0.2) is 4.79 Å². The fraction of sp³-hybridized carbons (Fsp3) is 0.500. The summed E-state index contributed by atoms with van der Waals surface area (Å²) in [4.78, 5) is 35.4. The van der Waals surface area contributed by atoms with Gasteiger partial charge < -0.3 is 25.0 Å². The van der Waals surface area contributed by atoms with Gasteiger partial charge in [-0.2, -0.15) is 0 Å². The molecule has 0 radical (unpaired) electrons. The van der Waals surface area contributed by atoms with E-state index in [9.17, 15) is 24.6 Å². The molecule has 128 valence electrons. The summed E-state index contributed by atoms with van der Waals surface area (Å²) in [6.07, 6.45) is 0.449. The molecule has 1 heterocycles. The smallest absolute Gasteiger partial charge is 0.326 e. The summed E-state index contributed by atoms with van der Waals surface area (Å²) in [5.74, 6) is -3.01. The summed E-state index contributed by atoms with van der Waals surface area (Å²) in [6, 6.07) is -0.116. The lowest BCUT2D eigenvalue weighted by Crippen LogP contribution is -2.29. The van der Waals surface area contributed by atoms with Gasteiger partial charge in [0.25, 0.3) is 0 Å². The molecular weight excluding hydrogens is 308 g/mol. The predicted molar refractivity (Wildman–Crippen MR) is 79.3 cm³/mol. The quantitative estimate of drug-likeness (QED) is 0.474. The first-order valence-electron chi connectivity index (χ1n) is 6.94. The number of aromatic hydroxyl groups is 1. The summed E-state index contributed by atoms with van der Waals surface area (Å²) in [7, 11) is 1.67. The zero-order valence-electron chi connectivity index (χ0n) is 12.7. The van der Waals surface area contributed by atoms with Crippen molar-refractivity contribution in [3.8, 4) is 5.75 Å². The number of carbonyl (C=O) groups is 2. The maximum Gasteiger partial charge on any atom is 0.326 e. The highest BCUT2D eigenvalue weighted by atomic mass is 16.4. The van der Waals surface area contributed by atoms with Crippen LogP contribution >= 0.6 is 0 Å². The largest absolute Gasteiger partial charge is 0.503 e. The van der Waals surface area contributed by atoms with Crippen molar-refractivity contribution in [2.45, 2.75) is 25.4 Å². The number of hydrogen-bond acceptors (Lipinski definition) is 6. The zero-order valence-corrected chi connectivity index (χ0v) is 12.7. The minimum absolute atomic E-state index is 0.111. The van der Waals surface area contributed by atoms with Crippen LogP contribution in [0.3, 0.4) is 0 Å². The van der Waals surface area contributed by atoms with E-state index in [1.165, 1.54) is 4.57 Å². The number of aliphatic carboxylic acids is 2. The Morgan fingerprint density at radius 2 is 2.00 bits per heavy atom. The number of aromatic nitrogens is 1. The van der Waals surface area contributed by atoms with Gasteiger partial charge in [0.2, 0.25) is 5.43 Å². The van der Waals surface area contributed by atoms with E-state index >= 15 is 0 Å². The lowest BCUT2D eigenvalue weighted by Gasteiger charge is -2.23. The molecule has 0 amide bonds. The number of carboxylic acid groups (broad SMARTS) is 2. The molecule has 1 aromatic heterocycles. The topological polar surface area (TPSA) is 140 Å². The molecule has 0 bridgehead atoms. The Balaban J connectivity index is 3.23. The first-order chi connectivity index (χ1) is 10.8. The van der Waals surface area contributed by atoms with Crippen molar-refractivity contribution in [3.63, 3.8) is 0 Å². The Morgan fingerprint density at radius 3 is 2.52 bits per heavy atom. The zero-order chi connectivity index (χ0) is 17.6. The Bertz CT molecular complexity index is 626. The van der Waals surface area contributed by atoms with Gasteiger partial charge in [0.1, 0.15) is 6.04 Å². The van der Waals surface area contributed by atoms with Gasteiger partial charge in [0.15, 0.2) is 5.75 Å². The molecule has 9 nitrogen and oxygen atoms in total. The first-order valence-corrected chi connectivity index (χ1v) is 6.94. The van der Waals surface area contributed by atoms with Crippen molar-refractivity contribution >= 4 is 11.9 Å². The number of rotatable bonds is 9. The maximum absolute atomic E-state index is 11.6. The molecule has 9 heteroatoms. The van der Waals surface area contributed by atoms with Crippen LogP contribution in [-0.2, 0) is 16.1 Å². The molecule has 0 saturated heterocycles. The predicted octanol–water partition coefficient (Wildman–Crippen LogP) is -0.531. The third-order valence-electron chi connectivity index (χ3n) is 3.31. The van der Waals surface area contributed by atoms with Crippen LogP contribution in [0.25, 0.3) is 0 Å². The number of aliphatic hydroxyl groups excluding tert-OH is 1. The molecule has 1 aromatic rings. The highest BCUT2D eigenvalue weighted by Gasteiger charge is 2.23. The van der Waals surface area contributed by atoms with Crippen LogP contribution in [0, 0.1) is 0 Å².